The van der Waals surface area contributed by atoms with E-state index in [1.807, 2.05) is 0 Å². The van der Waals surface area contributed by atoms with Crippen LogP contribution in [0.5, 0.6) is 0 Å². The van der Waals surface area contributed by atoms with Gasteiger partial charge in [-0.15, -0.1) is 0 Å². The Morgan fingerprint density at radius 1 is 1.21 bits per heavy atom. The highest BCUT2D eigenvalue weighted by Gasteiger charge is 2.56. The Morgan fingerprint density at radius 3 is 2.46 bits per heavy atom. The number of imide groups is 1. The molecule has 0 unspecified atom stereocenters. The molecule has 4 amide bonds. The topological polar surface area (TPSA) is 104 Å². The van der Waals surface area contributed by atoms with E-state index >= 15 is 0 Å². The Kier molecular flexibility index (Phi) is 4.45. The molecule has 1 aromatic rings. The molecule has 0 bridgehead atoms. The van der Waals surface area contributed by atoms with E-state index in [0.717, 1.165) is 17.7 Å². The molecule has 0 radical (unpaired) electrons. The van der Waals surface area contributed by atoms with Crippen LogP contribution in [0.4, 0.5) is 10.5 Å². The van der Waals surface area contributed by atoms with Gasteiger partial charge in [-0.3, -0.25) is 14.5 Å². The van der Waals surface area contributed by atoms with Crippen molar-refractivity contribution in [1.82, 2.24) is 10.2 Å². The van der Waals surface area contributed by atoms with E-state index in [1.165, 1.54) is 4.90 Å². The number of anilines is 1. The maximum Gasteiger partial charge on any atom is 0.325 e. The number of amides is 4. The van der Waals surface area contributed by atoms with E-state index in [-0.39, 0.29) is 23.3 Å². The second kappa shape index (κ2) is 6.58. The van der Waals surface area contributed by atoms with Gasteiger partial charge in [-0.05, 0) is 44.2 Å². The summed E-state index contributed by atoms with van der Waals surface area (Å²) in [5.41, 5.74) is -0.391. The Bertz CT molecular complexity index is 928. The number of carbonyl (C=O) groups excluding carboxylic acids is 3. The van der Waals surface area contributed by atoms with E-state index < -0.39 is 39.9 Å². The minimum atomic E-state index is -3.21. The van der Waals surface area contributed by atoms with Gasteiger partial charge in [0.15, 0.2) is 9.84 Å². The summed E-state index contributed by atoms with van der Waals surface area (Å²) in [6.45, 7) is 1.30. The Morgan fingerprint density at radius 2 is 1.89 bits per heavy atom. The van der Waals surface area contributed by atoms with E-state index in [9.17, 15) is 22.8 Å². The van der Waals surface area contributed by atoms with Crippen LogP contribution in [-0.2, 0) is 19.4 Å². The largest absolute Gasteiger partial charge is 0.325 e. The fraction of sp³-hybridized carbons (Fsp3) is 0.526. The molecule has 2 saturated heterocycles. The number of para-hydroxylation sites is 1. The van der Waals surface area contributed by atoms with E-state index in [2.05, 4.69) is 5.32 Å². The maximum atomic E-state index is 13.1. The SMILES string of the molecule is C[C@]1(C2CC2)NC(=O)N(CC(=O)N(c2ccccc2)[C@@H]2CCS(=O)(=O)C2)C1=O. The monoisotopic (exact) mass is 405 g/mol. The zero-order valence-corrected chi connectivity index (χ0v) is 16.4. The average molecular weight is 405 g/mol. The van der Waals surface area contributed by atoms with Crippen molar-refractivity contribution in [2.75, 3.05) is 23.0 Å². The maximum absolute atomic E-state index is 13.1. The lowest BCUT2D eigenvalue weighted by atomic mass is 9.96. The molecule has 4 rings (SSSR count). The summed E-state index contributed by atoms with van der Waals surface area (Å²) >= 11 is 0. The smallest absolute Gasteiger partial charge is 0.323 e. The number of sulfone groups is 1. The first-order valence-electron chi connectivity index (χ1n) is 9.43. The van der Waals surface area contributed by atoms with Crippen molar-refractivity contribution in [2.45, 2.75) is 37.8 Å². The fourth-order valence-electron chi connectivity index (χ4n) is 4.13. The van der Waals surface area contributed by atoms with Crippen LogP contribution in [0.1, 0.15) is 26.2 Å². The molecule has 0 aromatic heterocycles. The predicted molar refractivity (Wildman–Crippen MR) is 102 cm³/mol. The summed E-state index contributed by atoms with van der Waals surface area (Å²) in [6.07, 6.45) is 2.09. The highest BCUT2D eigenvalue weighted by atomic mass is 32.2. The second-order valence-corrected chi connectivity index (χ2v) is 10.2. The molecule has 1 saturated carbocycles. The van der Waals surface area contributed by atoms with Crippen LogP contribution in [-0.4, -0.2) is 60.8 Å². The molecule has 8 nitrogen and oxygen atoms in total. The lowest BCUT2D eigenvalue weighted by Gasteiger charge is -2.30. The van der Waals surface area contributed by atoms with Crippen molar-refractivity contribution in [1.29, 1.82) is 0 Å². The molecule has 3 fully saturated rings. The summed E-state index contributed by atoms with van der Waals surface area (Å²) in [5, 5.41) is 2.73. The molecule has 1 N–H and O–H groups in total. The van der Waals surface area contributed by atoms with Crippen molar-refractivity contribution >= 4 is 33.4 Å². The highest BCUT2D eigenvalue weighted by molar-refractivity contribution is 7.91. The zero-order chi connectivity index (χ0) is 20.1. The first-order valence-corrected chi connectivity index (χ1v) is 11.2. The van der Waals surface area contributed by atoms with E-state index in [1.54, 1.807) is 37.3 Å². The minimum Gasteiger partial charge on any atom is -0.323 e. The molecule has 28 heavy (non-hydrogen) atoms. The number of urea groups is 1. The summed E-state index contributed by atoms with van der Waals surface area (Å²) < 4.78 is 23.9. The molecule has 2 aliphatic heterocycles. The molecule has 1 aromatic carbocycles. The van der Waals surface area contributed by atoms with Crippen molar-refractivity contribution < 1.29 is 22.8 Å². The second-order valence-electron chi connectivity index (χ2n) is 7.95. The first kappa shape index (κ1) is 18.9. The van der Waals surface area contributed by atoms with Crippen LogP contribution in [0.25, 0.3) is 0 Å². The summed E-state index contributed by atoms with van der Waals surface area (Å²) in [7, 11) is -3.21. The van der Waals surface area contributed by atoms with Gasteiger partial charge in [0.05, 0.1) is 17.5 Å². The molecule has 3 aliphatic rings. The van der Waals surface area contributed by atoms with Crippen molar-refractivity contribution in [3.8, 4) is 0 Å². The van der Waals surface area contributed by atoms with Crippen LogP contribution < -0.4 is 10.2 Å². The Balaban J connectivity index is 1.58. The lowest BCUT2D eigenvalue weighted by Crippen LogP contribution is -2.49. The van der Waals surface area contributed by atoms with Gasteiger partial charge in [0.2, 0.25) is 5.91 Å². The van der Waals surface area contributed by atoms with Gasteiger partial charge >= 0.3 is 6.03 Å². The molecule has 2 atom stereocenters. The minimum absolute atomic E-state index is 0.0250. The number of benzene rings is 1. The van der Waals surface area contributed by atoms with Crippen molar-refractivity contribution in [2.24, 2.45) is 5.92 Å². The third-order valence-electron chi connectivity index (χ3n) is 5.87. The summed E-state index contributed by atoms with van der Waals surface area (Å²) in [5.74, 6) is -0.837. The quantitative estimate of drug-likeness (QED) is 0.734. The van der Waals surface area contributed by atoms with Gasteiger partial charge in [-0.1, -0.05) is 18.2 Å². The number of hydrogen-bond donors (Lipinski definition) is 1. The Labute approximate surface area is 163 Å². The predicted octanol–water partition coefficient (Wildman–Crippen LogP) is 0.927. The number of carbonyl (C=O) groups is 3. The van der Waals surface area contributed by atoms with E-state index in [4.69, 9.17) is 0 Å². The number of nitrogens with one attached hydrogen (secondary N) is 1. The molecule has 150 valence electrons. The van der Waals surface area contributed by atoms with Gasteiger partial charge < -0.3 is 10.2 Å². The van der Waals surface area contributed by atoms with Gasteiger partial charge in [0, 0.05) is 5.69 Å². The third-order valence-corrected chi connectivity index (χ3v) is 7.62. The third kappa shape index (κ3) is 3.28. The number of nitrogens with zero attached hydrogens (tertiary/aromatic N) is 2. The summed E-state index contributed by atoms with van der Waals surface area (Å²) in [4.78, 5) is 40.7. The Hall–Kier alpha value is -2.42. The van der Waals surface area contributed by atoms with Crippen LogP contribution in [0.15, 0.2) is 30.3 Å². The fourth-order valence-corrected chi connectivity index (χ4v) is 5.83. The zero-order valence-electron chi connectivity index (χ0n) is 15.6. The van der Waals surface area contributed by atoms with Gasteiger partial charge in [-0.25, -0.2) is 13.2 Å². The van der Waals surface area contributed by atoms with Crippen molar-refractivity contribution in [3.63, 3.8) is 0 Å². The summed E-state index contributed by atoms with van der Waals surface area (Å²) in [6, 6.07) is 7.70. The van der Waals surface area contributed by atoms with Crippen LogP contribution in [0.3, 0.4) is 0 Å². The van der Waals surface area contributed by atoms with E-state index in [0.29, 0.717) is 12.1 Å². The van der Waals surface area contributed by atoms with Crippen molar-refractivity contribution in [3.05, 3.63) is 30.3 Å². The van der Waals surface area contributed by atoms with Gasteiger partial charge in [0.25, 0.3) is 5.91 Å². The number of rotatable bonds is 5. The molecule has 1 aliphatic carbocycles. The first-order chi connectivity index (χ1) is 13.2. The standard InChI is InChI=1S/C19H23N3O5S/c1-19(13-7-8-13)17(24)21(18(25)20-19)11-16(23)22(14-5-3-2-4-6-14)15-9-10-28(26,27)12-15/h2-6,13,15H,7-12H2,1H3,(H,20,25)/t15-,19-/m1/s1. The van der Waals surface area contributed by atoms with Gasteiger partial charge in [-0.2, -0.15) is 0 Å². The molecule has 2 heterocycles. The molecular weight excluding hydrogens is 382 g/mol. The van der Waals surface area contributed by atoms with Crippen LogP contribution >= 0.6 is 0 Å². The van der Waals surface area contributed by atoms with Crippen LogP contribution in [0, 0.1) is 5.92 Å². The molecule has 9 heteroatoms. The molecular formula is C19H23N3O5S. The average Bonchev–Trinajstić information content (AvgIpc) is 3.41. The highest BCUT2D eigenvalue weighted by Crippen LogP contribution is 2.42. The molecule has 0 spiro atoms. The number of hydrogen-bond acceptors (Lipinski definition) is 5. The van der Waals surface area contributed by atoms with Gasteiger partial charge in [0.1, 0.15) is 12.1 Å². The lowest BCUT2D eigenvalue weighted by molar-refractivity contribution is -0.134. The normalized spacial score (nSPS) is 29.0. The van der Waals surface area contributed by atoms with Crippen LogP contribution in [0.2, 0.25) is 0 Å².